The normalized spacial score (nSPS) is 14.5. The van der Waals surface area contributed by atoms with Crippen LogP contribution in [0.2, 0.25) is 0 Å². The number of unbranched alkanes of at least 4 members (excludes halogenated alkanes) is 1. The van der Waals surface area contributed by atoms with E-state index in [9.17, 15) is 5.11 Å². The molecule has 0 saturated carbocycles. The van der Waals surface area contributed by atoms with E-state index in [1.807, 2.05) is 0 Å². The summed E-state index contributed by atoms with van der Waals surface area (Å²) < 4.78 is 5.28. The molecule has 0 heterocycles. The third-order valence-electron chi connectivity index (χ3n) is 2.52. The average molecular weight is 188 g/mol. The standard InChI is InChI=1S/C11H24O2/c1-5-6-7-10(12)8-9-11(2,3)13-4/h10,12H,5-9H2,1-4H3. The van der Waals surface area contributed by atoms with E-state index in [2.05, 4.69) is 20.8 Å². The van der Waals surface area contributed by atoms with Crippen molar-refractivity contribution in [3.05, 3.63) is 0 Å². The lowest BCUT2D eigenvalue weighted by Gasteiger charge is -2.24. The van der Waals surface area contributed by atoms with Gasteiger partial charge in [-0.1, -0.05) is 19.8 Å². The molecular weight excluding hydrogens is 164 g/mol. The molecule has 0 aromatic heterocycles. The first kappa shape index (κ1) is 12.9. The van der Waals surface area contributed by atoms with Gasteiger partial charge in [0.05, 0.1) is 11.7 Å². The Morgan fingerprint density at radius 2 is 1.92 bits per heavy atom. The summed E-state index contributed by atoms with van der Waals surface area (Å²) >= 11 is 0. The third kappa shape index (κ3) is 7.03. The highest BCUT2D eigenvalue weighted by molar-refractivity contribution is 4.70. The van der Waals surface area contributed by atoms with E-state index in [4.69, 9.17) is 4.74 Å². The van der Waals surface area contributed by atoms with Crippen LogP contribution < -0.4 is 0 Å². The fourth-order valence-electron chi connectivity index (χ4n) is 1.20. The zero-order valence-corrected chi connectivity index (χ0v) is 9.47. The second-order valence-electron chi connectivity index (χ2n) is 4.30. The highest BCUT2D eigenvalue weighted by Gasteiger charge is 2.17. The van der Waals surface area contributed by atoms with Gasteiger partial charge in [-0.2, -0.15) is 0 Å². The molecule has 0 spiro atoms. The van der Waals surface area contributed by atoms with Gasteiger partial charge in [0.15, 0.2) is 0 Å². The number of rotatable bonds is 7. The van der Waals surface area contributed by atoms with E-state index in [1.54, 1.807) is 7.11 Å². The maximum atomic E-state index is 9.58. The van der Waals surface area contributed by atoms with E-state index in [1.165, 1.54) is 0 Å². The van der Waals surface area contributed by atoms with Crippen LogP contribution in [-0.4, -0.2) is 23.9 Å². The van der Waals surface area contributed by atoms with Gasteiger partial charge in [-0.05, 0) is 33.1 Å². The van der Waals surface area contributed by atoms with Crippen molar-refractivity contribution in [1.29, 1.82) is 0 Å². The first-order valence-electron chi connectivity index (χ1n) is 5.25. The van der Waals surface area contributed by atoms with Crippen molar-refractivity contribution in [3.8, 4) is 0 Å². The first-order valence-corrected chi connectivity index (χ1v) is 5.25. The molecular formula is C11H24O2. The Kier molecular flexibility index (Phi) is 6.35. The maximum absolute atomic E-state index is 9.58. The van der Waals surface area contributed by atoms with Crippen LogP contribution in [-0.2, 0) is 4.74 Å². The molecule has 0 aliphatic carbocycles. The molecule has 0 aromatic carbocycles. The fraction of sp³-hybridized carbons (Fsp3) is 1.00. The second-order valence-corrected chi connectivity index (χ2v) is 4.30. The Morgan fingerprint density at radius 1 is 1.31 bits per heavy atom. The van der Waals surface area contributed by atoms with E-state index in [0.29, 0.717) is 0 Å². The lowest BCUT2D eigenvalue weighted by Crippen LogP contribution is -2.24. The Morgan fingerprint density at radius 3 is 2.38 bits per heavy atom. The van der Waals surface area contributed by atoms with Gasteiger partial charge in [0.2, 0.25) is 0 Å². The highest BCUT2D eigenvalue weighted by atomic mass is 16.5. The van der Waals surface area contributed by atoms with Crippen LogP contribution in [0.5, 0.6) is 0 Å². The van der Waals surface area contributed by atoms with Gasteiger partial charge in [-0.25, -0.2) is 0 Å². The molecule has 0 amide bonds. The Balaban J connectivity index is 3.51. The maximum Gasteiger partial charge on any atom is 0.0623 e. The predicted octanol–water partition coefficient (Wildman–Crippen LogP) is 2.74. The fourth-order valence-corrected chi connectivity index (χ4v) is 1.20. The summed E-state index contributed by atoms with van der Waals surface area (Å²) in [7, 11) is 1.72. The molecule has 0 fully saturated rings. The van der Waals surface area contributed by atoms with Gasteiger partial charge >= 0.3 is 0 Å². The van der Waals surface area contributed by atoms with Crippen molar-refractivity contribution in [1.82, 2.24) is 0 Å². The van der Waals surface area contributed by atoms with E-state index >= 15 is 0 Å². The molecule has 1 unspecified atom stereocenters. The van der Waals surface area contributed by atoms with Crippen molar-refractivity contribution in [2.24, 2.45) is 0 Å². The second kappa shape index (κ2) is 6.39. The van der Waals surface area contributed by atoms with Gasteiger partial charge in [-0.15, -0.1) is 0 Å². The van der Waals surface area contributed by atoms with Crippen LogP contribution in [0, 0.1) is 0 Å². The Hall–Kier alpha value is -0.0800. The first-order chi connectivity index (χ1) is 6.02. The monoisotopic (exact) mass is 188 g/mol. The van der Waals surface area contributed by atoms with Crippen LogP contribution in [0.15, 0.2) is 0 Å². The van der Waals surface area contributed by atoms with Gasteiger partial charge < -0.3 is 9.84 Å². The molecule has 0 rings (SSSR count). The summed E-state index contributed by atoms with van der Waals surface area (Å²) in [4.78, 5) is 0. The molecule has 0 aliphatic rings. The number of methoxy groups -OCH3 is 1. The van der Waals surface area contributed by atoms with Crippen LogP contribution in [0.25, 0.3) is 0 Å². The summed E-state index contributed by atoms with van der Waals surface area (Å²) in [5.74, 6) is 0. The number of ether oxygens (including phenoxy) is 1. The zero-order chi connectivity index (χ0) is 10.3. The molecule has 0 radical (unpaired) electrons. The number of hydrogen-bond donors (Lipinski definition) is 1. The average Bonchev–Trinajstić information content (AvgIpc) is 2.11. The molecule has 0 bridgehead atoms. The molecule has 13 heavy (non-hydrogen) atoms. The number of aliphatic hydroxyl groups excluding tert-OH is 1. The van der Waals surface area contributed by atoms with Crippen LogP contribution >= 0.6 is 0 Å². The van der Waals surface area contributed by atoms with Gasteiger partial charge in [-0.3, -0.25) is 0 Å². The molecule has 2 nitrogen and oxygen atoms in total. The summed E-state index contributed by atoms with van der Waals surface area (Å²) in [5.41, 5.74) is -0.0901. The molecule has 1 atom stereocenters. The summed E-state index contributed by atoms with van der Waals surface area (Å²) in [5, 5.41) is 9.58. The van der Waals surface area contributed by atoms with Crippen molar-refractivity contribution in [3.63, 3.8) is 0 Å². The van der Waals surface area contributed by atoms with E-state index in [-0.39, 0.29) is 11.7 Å². The minimum atomic E-state index is -0.144. The molecule has 80 valence electrons. The smallest absolute Gasteiger partial charge is 0.0623 e. The molecule has 1 N–H and O–H groups in total. The van der Waals surface area contributed by atoms with Crippen molar-refractivity contribution >= 4 is 0 Å². The minimum Gasteiger partial charge on any atom is -0.393 e. The summed E-state index contributed by atoms with van der Waals surface area (Å²) in [6.45, 7) is 6.25. The van der Waals surface area contributed by atoms with Crippen molar-refractivity contribution in [2.45, 2.75) is 64.6 Å². The Labute approximate surface area is 82.3 Å². The zero-order valence-electron chi connectivity index (χ0n) is 9.47. The predicted molar refractivity (Wildman–Crippen MR) is 55.9 cm³/mol. The Bertz CT molecular complexity index is 121. The van der Waals surface area contributed by atoms with Crippen molar-refractivity contribution in [2.75, 3.05) is 7.11 Å². The summed E-state index contributed by atoms with van der Waals surface area (Å²) in [6.07, 6.45) is 4.83. The quantitative estimate of drug-likeness (QED) is 0.665. The van der Waals surface area contributed by atoms with Crippen molar-refractivity contribution < 1.29 is 9.84 Å². The number of hydrogen-bond acceptors (Lipinski definition) is 2. The lowest BCUT2D eigenvalue weighted by molar-refractivity contribution is 0.00209. The third-order valence-corrected chi connectivity index (χ3v) is 2.52. The van der Waals surface area contributed by atoms with E-state index < -0.39 is 0 Å². The molecule has 0 aromatic rings. The number of aliphatic hydroxyl groups is 1. The molecule has 0 saturated heterocycles. The largest absolute Gasteiger partial charge is 0.393 e. The van der Waals surface area contributed by atoms with E-state index in [0.717, 1.165) is 32.1 Å². The minimum absolute atomic E-state index is 0.0901. The van der Waals surface area contributed by atoms with Gasteiger partial charge in [0.1, 0.15) is 0 Å². The van der Waals surface area contributed by atoms with Crippen LogP contribution in [0.3, 0.4) is 0 Å². The molecule has 0 aliphatic heterocycles. The highest BCUT2D eigenvalue weighted by Crippen LogP contribution is 2.18. The SMILES string of the molecule is CCCCC(O)CCC(C)(C)OC. The van der Waals surface area contributed by atoms with Gasteiger partial charge in [0.25, 0.3) is 0 Å². The van der Waals surface area contributed by atoms with Crippen LogP contribution in [0.4, 0.5) is 0 Å². The lowest BCUT2D eigenvalue weighted by atomic mass is 9.98. The summed E-state index contributed by atoms with van der Waals surface area (Å²) in [6, 6.07) is 0. The van der Waals surface area contributed by atoms with Gasteiger partial charge in [0, 0.05) is 7.11 Å². The van der Waals surface area contributed by atoms with Crippen LogP contribution in [0.1, 0.15) is 52.9 Å². The topological polar surface area (TPSA) is 29.5 Å². The molecule has 2 heteroatoms.